The Morgan fingerprint density at radius 1 is 1.18 bits per heavy atom. The number of aryl methyl sites for hydroxylation is 1. The predicted octanol–water partition coefficient (Wildman–Crippen LogP) is 4.75. The van der Waals surface area contributed by atoms with Crippen molar-refractivity contribution in [2.45, 2.75) is 24.5 Å². The van der Waals surface area contributed by atoms with Gasteiger partial charge in [-0.3, -0.25) is 9.78 Å². The van der Waals surface area contributed by atoms with Crippen LogP contribution < -0.4 is 5.32 Å². The van der Waals surface area contributed by atoms with E-state index < -0.39 is 9.84 Å². The number of nitrogens with zero attached hydrogens (tertiary/aromatic N) is 2. The van der Waals surface area contributed by atoms with E-state index in [1.807, 2.05) is 0 Å². The fraction of sp³-hybridized carbons (Fsp3) is 0.167. The van der Waals surface area contributed by atoms with Gasteiger partial charge in [0.05, 0.1) is 15.0 Å². The van der Waals surface area contributed by atoms with Crippen molar-refractivity contribution in [1.29, 1.82) is 0 Å². The summed E-state index contributed by atoms with van der Waals surface area (Å²) < 4.78 is 26.0. The van der Waals surface area contributed by atoms with Crippen molar-refractivity contribution in [1.82, 2.24) is 9.97 Å². The van der Waals surface area contributed by atoms with Gasteiger partial charge in [0.2, 0.25) is 5.91 Å². The van der Waals surface area contributed by atoms with E-state index in [-0.39, 0.29) is 20.9 Å². The maximum atomic E-state index is 12.8. The van der Waals surface area contributed by atoms with E-state index in [9.17, 15) is 13.2 Å². The van der Waals surface area contributed by atoms with Crippen LogP contribution in [-0.4, -0.2) is 24.3 Å². The first-order valence-corrected chi connectivity index (χ1v) is 11.3. The first kappa shape index (κ1) is 20.7. The van der Waals surface area contributed by atoms with Gasteiger partial charge in [0.15, 0.2) is 9.84 Å². The second kappa shape index (κ2) is 8.16. The Hall–Kier alpha value is -2.00. The molecule has 0 aliphatic heterocycles. The number of sulfone groups is 1. The molecule has 0 saturated heterocycles. The smallest absolute Gasteiger partial charge is 0.222 e. The lowest BCUT2D eigenvalue weighted by molar-refractivity contribution is -0.114. The molecular formula is C18H15Cl2N3O3S2. The van der Waals surface area contributed by atoms with Crippen LogP contribution in [0.5, 0.6) is 0 Å². The van der Waals surface area contributed by atoms with Gasteiger partial charge in [0.25, 0.3) is 0 Å². The van der Waals surface area contributed by atoms with Crippen LogP contribution in [0.4, 0.5) is 5.82 Å². The molecule has 0 saturated carbocycles. The highest BCUT2D eigenvalue weighted by atomic mass is 35.5. The molecule has 0 bridgehead atoms. The molecule has 0 spiro atoms. The number of thiophene rings is 1. The molecule has 0 fully saturated rings. The maximum Gasteiger partial charge on any atom is 0.222 e. The summed E-state index contributed by atoms with van der Waals surface area (Å²) in [6, 6.07) is 6.57. The lowest BCUT2D eigenvalue weighted by Crippen LogP contribution is -2.08. The van der Waals surface area contributed by atoms with Crippen LogP contribution in [0.25, 0.3) is 11.1 Å². The fourth-order valence-electron chi connectivity index (χ4n) is 2.56. The van der Waals surface area contributed by atoms with Crippen molar-refractivity contribution in [3.63, 3.8) is 0 Å². The zero-order chi connectivity index (χ0) is 20.5. The second-order valence-corrected chi connectivity index (χ2v) is 10.3. The first-order valence-electron chi connectivity index (χ1n) is 8.03. The van der Waals surface area contributed by atoms with Crippen molar-refractivity contribution >= 4 is 56.1 Å². The van der Waals surface area contributed by atoms with Gasteiger partial charge in [-0.2, -0.15) is 0 Å². The summed E-state index contributed by atoms with van der Waals surface area (Å²) in [5.74, 6) is -0.0833. The number of hydrogen-bond donors (Lipinski definition) is 1. The van der Waals surface area contributed by atoms with Gasteiger partial charge in [-0.25, -0.2) is 13.4 Å². The van der Waals surface area contributed by atoms with E-state index in [0.717, 1.165) is 16.9 Å². The summed E-state index contributed by atoms with van der Waals surface area (Å²) in [6.45, 7) is 3.14. The Bertz CT molecular complexity index is 1160. The molecule has 1 N–H and O–H groups in total. The Kier molecular flexibility index (Phi) is 6.04. The van der Waals surface area contributed by atoms with Crippen LogP contribution in [-0.2, 0) is 20.4 Å². The fourth-order valence-corrected chi connectivity index (χ4v) is 6.23. The molecule has 0 aromatic carbocycles. The standard InChI is InChI=1S/C18H15Cl2N3O3S2/c1-10-14(9-28(25,26)15-7-16(19)27-18(15)20)5-13(8-22-10)12-3-4-21-17(6-12)23-11(2)24/h3-8H,9H2,1-2H3,(H,21,23,24). The Labute approximate surface area is 176 Å². The van der Waals surface area contributed by atoms with E-state index >= 15 is 0 Å². The molecule has 0 radical (unpaired) electrons. The highest BCUT2D eigenvalue weighted by Crippen LogP contribution is 2.36. The lowest BCUT2D eigenvalue weighted by atomic mass is 10.1. The topological polar surface area (TPSA) is 89.0 Å². The van der Waals surface area contributed by atoms with Gasteiger partial charge >= 0.3 is 0 Å². The SMILES string of the molecule is CC(=O)Nc1cc(-c2cnc(C)c(CS(=O)(=O)c3cc(Cl)sc3Cl)c2)ccn1. The minimum absolute atomic E-state index is 0.0193. The quantitative estimate of drug-likeness (QED) is 0.599. The summed E-state index contributed by atoms with van der Waals surface area (Å²) in [5.41, 5.74) is 2.61. The molecule has 6 nitrogen and oxygen atoms in total. The summed E-state index contributed by atoms with van der Waals surface area (Å²) in [7, 11) is -3.68. The number of carbonyl (C=O) groups excluding carboxylic acids is 1. The largest absolute Gasteiger partial charge is 0.311 e. The zero-order valence-corrected chi connectivity index (χ0v) is 18.0. The van der Waals surface area contributed by atoms with E-state index in [0.29, 0.717) is 27.0 Å². The van der Waals surface area contributed by atoms with Crippen molar-refractivity contribution in [3.8, 4) is 11.1 Å². The number of pyridine rings is 2. The molecule has 3 aromatic heterocycles. The number of anilines is 1. The average Bonchev–Trinajstić information content (AvgIpc) is 2.95. The molecule has 28 heavy (non-hydrogen) atoms. The predicted molar refractivity (Wildman–Crippen MR) is 112 cm³/mol. The molecule has 1 amide bonds. The second-order valence-electron chi connectivity index (χ2n) is 6.03. The zero-order valence-electron chi connectivity index (χ0n) is 14.9. The third kappa shape index (κ3) is 4.70. The molecule has 10 heteroatoms. The number of carbonyl (C=O) groups is 1. The van der Waals surface area contributed by atoms with Gasteiger partial charge in [0.1, 0.15) is 10.2 Å². The number of aromatic nitrogens is 2. The summed E-state index contributed by atoms with van der Waals surface area (Å²) >= 11 is 12.9. The summed E-state index contributed by atoms with van der Waals surface area (Å²) in [5, 5.41) is 2.62. The number of hydrogen-bond acceptors (Lipinski definition) is 6. The van der Waals surface area contributed by atoms with E-state index in [4.69, 9.17) is 23.2 Å². The van der Waals surface area contributed by atoms with Crippen molar-refractivity contribution in [3.05, 3.63) is 56.6 Å². The molecule has 3 aromatic rings. The molecular weight excluding hydrogens is 441 g/mol. The van der Waals surface area contributed by atoms with Crippen molar-refractivity contribution in [2.24, 2.45) is 0 Å². The van der Waals surface area contributed by atoms with E-state index in [1.165, 1.54) is 13.0 Å². The highest BCUT2D eigenvalue weighted by Gasteiger charge is 2.23. The Morgan fingerprint density at radius 2 is 1.93 bits per heavy atom. The van der Waals surface area contributed by atoms with E-state index in [1.54, 1.807) is 37.5 Å². The lowest BCUT2D eigenvalue weighted by Gasteiger charge is -2.10. The number of amides is 1. The van der Waals surface area contributed by atoms with Gasteiger partial charge < -0.3 is 5.32 Å². The minimum Gasteiger partial charge on any atom is -0.311 e. The number of rotatable bonds is 5. The van der Waals surface area contributed by atoms with Crippen LogP contribution in [0.3, 0.4) is 0 Å². The molecule has 3 rings (SSSR count). The van der Waals surface area contributed by atoms with Crippen molar-refractivity contribution in [2.75, 3.05) is 5.32 Å². The Morgan fingerprint density at radius 3 is 2.57 bits per heavy atom. The van der Waals surface area contributed by atoms with Gasteiger partial charge in [-0.15, -0.1) is 11.3 Å². The third-order valence-corrected chi connectivity index (χ3v) is 7.31. The van der Waals surface area contributed by atoms with Gasteiger partial charge in [0, 0.05) is 30.6 Å². The van der Waals surface area contributed by atoms with Crippen LogP contribution in [0, 0.1) is 6.92 Å². The maximum absolute atomic E-state index is 12.8. The van der Waals surface area contributed by atoms with Crippen molar-refractivity contribution < 1.29 is 13.2 Å². The normalized spacial score (nSPS) is 11.4. The molecule has 0 aliphatic rings. The molecule has 146 valence electrons. The summed E-state index contributed by atoms with van der Waals surface area (Å²) in [4.78, 5) is 19.7. The van der Waals surface area contributed by atoms with Crippen LogP contribution in [0.15, 0.2) is 41.6 Å². The number of nitrogens with one attached hydrogen (secondary N) is 1. The number of halogens is 2. The molecule has 0 atom stereocenters. The molecule has 0 aliphatic carbocycles. The first-order chi connectivity index (χ1) is 13.2. The Balaban J connectivity index is 1.96. The third-order valence-electron chi connectivity index (χ3n) is 3.90. The van der Waals surface area contributed by atoms with Crippen LogP contribution in [0.1, 0.15) is 18.2 Å². The van der Waals surface area contributed by atoms with Gasteiger partial charge in [-0.1, -0.05) is 23.2 Å². The van der Waals surface area contributed by atoms with Crippen LogP contribution in [0.2, 0.25) is 8.67 Å². The average molecular weight is 456 g/mol. The monoisotopic (exact) mass is 455 g/mol. The van der Waals surface area contributed by atoms with E-state index in [2.05, 4.69) is 15.3 Å². The van der Waals surface area contributed by atoms with Gasteiger partial charge in [-0.05, 0) is 42.3 Å². The minimum atomic E-state index is -3.68. The van der Waals surface area contributed by atoms with Crippen LogP contribution >= 0.6 is 34.5 Å². The molecule has 3 heterocycles. The highest BCUT2D eigenvalue weighted by molar-refractivity contribution is 7.91. The summed E-state index contributed by atoms with van der Waals surface area (Å²) in [6.07, 6.45) is 3.21. The molecule has 0 unspecified atom stereocenters.